The van der Waals surface area contributed by atoms with E-state index >= 15 is 0 Å². The Kier molecular flexibility index (Phi) is 4.45. The summed E-state index contributed by atoms with van der Waals surface area (Å²) in [6.45, 7) is 2.82. The van der Waals surface area contributed by atoms with Gasteiger partial charge in [0.15, 0.2) is 0 Å². The molecule has 0 radical (unpaired) electrons. The molecule has 1 saturated heterocycles. The summed E-state index contributed by atoms with van der Waals surface area (Å²) >= 11 is 1.79. The Bertz CT molecular complexity index is 372. The van der Waals surface area contributed by atoms with Crippen LogP contribution in [-0.2, 0) is 9.53 Å². The van der Waals surface area contributed by atoms with Crippen LogP contribution in [0.15, 0.2) is 29.2 Å². The standard InChI is InChI=1S/C13H17NO2S/c1-2-17-11-7-5-10(6-8-11)14-13(15)12-4-3-9-16-12/h5-8,12H,2-4,9H2,1H3,(H,14,15). The van der Waals surface area contributed by atoms with Crippen LogP contribution < -0.4 is 5.32 Å². The summed E-state index contributed by atoms with van der Waals surface area (Å²) in [5.74, 6) is 1.03. The Hall–Kier alpha value is -1.00. The van der Waals surface area contributed by atoms with Gasteiger partial charge in [-0.1, -0.05) is 6.92 Å². The highest BCUT2D eigenvalue weighted by molar-refractivity contribution is 7.99. The quantitative estimate of drug-likeness (QED) is 0.836. The van der Waals surface area contributed by atoms with Crippen molar-refractivity contribution in [1.29, 1.82) is 0 Å². The second-order valence-electron chi connectivity index (χ2n) is 3.95. The largest absolute Gasteiger partial charge is 0.368 e. The minimum Gasteiger partial charge on any atom is -0.368 e. The van der Waals surface area contributed by atoms with Gasteiger partial charge in [0.2, 0.25) is 0 Å². The van der Waals surface area contributed by atoms with Crippen molar-refractivity contribution in [3.63, 3.8) is 0 Å². The lowest BCUT2D eigenvalue weighted by atomic mass is 10.2. The summed E-state index contributed by atoms with van der Waals surface area (Å²) < 4.78 is 5.33. The van der Waals surface area contributed by atoms with E-state index in [0.717, 1.165) is 24.3 Å². The van der Waals surface area contributed by atoms with Crippen LogP contribution in [0.2, 0.25) is 0 Å². The van der Waals surface area contributed by atoms with Crippen molar-refractivity contribution in [2.75, 3.05) is 17.7 Å². The van der Waals surface area contributed by atoms with Gasteiger partial charge in [-0.2, -0.15) is 0 Å². The van der Waals surface area contributed by atoms with E-state index in [1.54, 1.807) is 11.8 Å². The zero-order chi connectivity index (χ0) is 12.1. The smallest absolute Gasteiger partial charge is 0.253 e. The van der Waals surface area contributed by atoms with Gasteiger partial charge in [0.1, 0.15) is 6.10 Å². The molecule has 0 spiro atoms. The zero-order valence-corrected chi connectivity index (χ0v) is 10.8. The van der Waals surface area contributed by atoms with E-state index in [-0.39, 0.29) is 12.0 Å². The summed E-state index contributed by atoms with van der Waals surface area (Å²) in [4.78, 5) is 13.0. The van der Waals surface area contributed by atoms with E-state index in [4.69, 9.17) is 4.74 Å². The van der Waals surface area contributed by atoms with Gasteiger partial charge in [0.05, 0.1) is 0 Å². The molecule has 0 aromatic heterocycles. The number of ether oxygens (including phenoxy) is 1. The number of nitrogens with one attached hydrogen (secondary N) is 1. The molecule has 1 aliphatic rings. The lowest BCUT2D eigenvalue weighted by Gasteiger charge is -2.10. The minimum absolute atomic E-state index is 0.0293. The van der Waals surface area contributed by atoms with Gasteiger partial charge in [-0.25, -0.2) is 0 Å². The van der Waals surface area contributed by atoms with E-state index in [2.05, 4.69) is 12.2 Å². The first-order valence-electron chi connectivity index (χ1n) is 5.95. The number of thioether (sulfide) groups is 1. The third kappa shape index (κ3) is 3.48. The zero-order valence-electron chi connectivity index (χ0n) is 9.94. The predicted octanol–water partition coefficient (Wildman–Crippen LogP) is 2.92. The van der Waals surface area contributed by atoms with Crippen molar-refractivity contribution in [2.45, 2.75) is 30.8 Å². The number of hydrogen-bond acceptors (Lipinski definition) is 3. The highest BCUT2D eigenvalue weighted by atomic mass is 32.2. The van der Waals surface area contributed by atoms with Crippen molar-refractivity contribution < 1.29 is 9.53 Å². The molecule has 0 aliphatic carbocycles. The van der Waals surface area contributed by atoms with Crippen molar-refractivity contribution in [1.82, 2.24) is 0 Å². The first kappa shape index (κ1) is 12.5. The molecular weight excluding hydrogens is 234 g/mol. The van der Waals surface area contributed by atoms with E-state index in [1.165, 1.54) is 4.90 Å². The topological polar surface area (TPSA) is 38.3 Å². The van der Waals surface area contributed by atoms with Crippen molar-refractivity contribution in [3.05, 3.63) is 24.3 Å². The molecule has 17 heavy (non-hydrogen) atoms. The minimum atomic E-state index is -0.264. The summed E-state index contributed by atoms with van der Waals surface area (Å²) in [6, 6.07) is 7.92. The fourth-order valence-electron chi connectivity index (χ4n) is 1.81. The van der Waals surface area contributed by atoms with Crippen LogP contribution in [0.3, 0.4) is 0 Å². The lowest BCUT2D eigenvalue weighted by molar-refractivity contribution is -0.124. The van der Waals surface area contributed by atoms with Gasteiger partial charge in [-0.3, -0.25) is 4.79 Å². The fourth-order valence-corrected chi connectivity index (χ4v) is 2.47. The van der Waals surface area contributed by atoms with E-state index in [1.807, 2.05) is 24.3 Å². The number of amides is 1. The number of carbonyl (C=O) groups excluding carboxylic acids is 1. The molecule has 1 atom stereocenters. The van der Waals surface area contributed by atoms with Crippen molar-refractivity contribution >= 4 is 23.4 Å². The Morgan fingerprint density at radius 2 is 2.24 bits per heavy atom. The van der Waals surface area contributed by atoms with Gasteiger partial charge in [0.25, 0.3) is 5.91 Å². The number of benzene rings is 1. The van der Waals surface area contributed by atoms with E-state index in [9.17, 15) is 4.79 Å². The number of carbonyl (C=O) groups is 1. The number of hydrogen-bond donors (Lipinski definition) is 1. The van der Waals surface area contributed by atoms with Crippen LogP contribution in [0.4, 0.5) is 5.69 Å². The molecule has 1 aromatic carbocycles. The summed E-state index contributed by atoms with van der Waals surface area (Å²) in [5.41, 5.74) is 0.839. The first-order chi connectivity index (χ1) is 8.29. The SMILES string of the molecule is CCSc1ccc(NC(=O)C2CCCO2)cc1. The first-order valence-corrected chi connectivity index (χ1v) is 6.93. The van der Waals surface area contributed by atoms with Gasteiger partial charge >= 0.3 is 0 Å². The van der Waals surface area contributed by atoms with Crippen LogP contribution in [0.5, 0.6) is 0 Å². The summed E-state index contributed by atoms with van der Waals surface area (Å²) in [6.07, 6.45) is 1.54. The Labute approximate surface area is 106 Å². The molecule has 2 rings (SSSR count). The molecule has 1 heterocycles. The maximum absolute atomic E-state index is 11.8. The van der Waals surface area contributed by atoms with Crippen LogP contribution in [0, 0.1) is 0 Å². The van der Waals surface area contributed by atoms with Gasteiger partial charge in [-0.05, 0) is 42.9 Å². The molecular formula is C13H17NO2S. The molecule has 1 N–H and O–H groups in total. The van der Waals surface area contributed by atoms with Crippen LogP contribution in [0.25, 0.3) is 0 Å². The second-order valence-corrected chi connectivity index (χ2v) is 5.29. The summed E-state index contributed by atoms with van der Waals surface area (Å²) in [7, 11) is 0. The van der Waals surface area contributed by atoms with Crippen LogP contribution in [0.1, 0.15) is 19.8 Å². The molecule has 0 bridgehead atoms. The Morgan fingerprint density at radius 1 is 1.47 bits per heavy atom. The maximum atomic E-state index is 11.8. The highest BCUT2D eigenvalue weighted by Crippen LogP contribution is 2.20. The van der Waals surface area contributed by atoms with Gasteiger partial charge in [0, 0.05) is 17.2 Å². The normalized spacial score (nSPS) is 19.2. The third-order valence-electron chi connectivity index (χ3n) is 2.65. The van der Waals surface area contributed by atoms with Crippen molar-refractivity contribution in [2.24, 2.45) is 0 Å². The van der Waals surface area contributed by atoms with Crippen LogP contribution in [-0.4, -0.2) is 24.4 Å². The molecule has 4 heteroatoms. The molecule has 92 valence electrons. The van der Waals surface area contributed by atoms with Gasteiger partial charge < -0.3 is 10.1 Å². The van der Waals surface area contributed by atoms with Gasteiger partial charge in [-0.15, -0.1) is 11.8 Å². The average molecular weight is 251 g/mol. The summed E-state index contributed by atoms with van der Waals surface area (Å²) in [5, 5.41) is 2.88. The van der Waals surface area contributed by atoms with Crippen LogP contribution >= 0.6 is 11.8 Å². The second kappa shape index (κ2) is 6.07. The molecule has 3 nitrogen and oxygen atoms in total. The van der Waals surface area contributed by atoms with Crippen molar-refractivity contribution in [3.8, 4) is 0 Å². The molecule has 1 amide bonds. The molecule has 1 fully saturated rings. The number of anilines is 1. The van der Waals surface area contributed by atoms with E-state index in [0.29, 0.717) is 6.61 Å². The fraction of sp³-hybridized carbons (Fsp3) is 0.462. The molecule has 0 saturated carbocycles. The average Bonchev–Trinajstić information content (AvgIpc) is 2.86. The number of rotatable bonds is 4. The molecule has 1 aromatic rings. The Morgan fingerprint density at radius 3 is 2.82 bits per heavy atom. The molecule has 1 unspecified atom stereocenters. The predicted molar refractivity (Wildman–Crippen MR) is 70.4 cm³/mol. The lowest BCUT2D eigenvalue weighted by Crippen LogP contribution is -2.26. The molecule has 1 aliphatic heterocycles. The third-order valence-corrected chi connectivity index (χ3v) is 3.55. The monoisotopic (exact) mass is 251 g/mol. The maximum Gasteiger partial charge on any atom is 0.253 e. The highest BCUT2D eigenvalue weighted by Gasteiger charge is 2.23. The Balaban J connectivity index is 1.91. The van der Waals surface area contributed by atoms with E-state index < -0.39 is 0 Å².